The molecule has 5 nitrogen and oxygen atoms in total. The van der Waals surface area contributed by atoms with E-state index < -0.39 is 5.54 Å². The van der Waals surface area contributed by atoms with Crippen LogP contribution < -0.4 is 11.1 Å². The molecule has 2 aliphatic rings. The molecule has 110 valence electrons. The van der Waals surface area contributed by atoms with Crippen molar-refractivity contribution in [2.45, 2.75) is 45.1 Å². The third-order valence-corrected chi connectivity index (χ3v) is 4.75. The van der Waals surface area contributed by atoms with Gasteiger partial charge < -0.3 is 11.1 Å². The van der Waals surface area contributed by atoms with Gasteiger partial charge in [-0.25, -0.2) is 4.98 Å². The van der Waals surface area contributed by atoms with Gasteiger partial charge in [0.15, 0.2) is 10.9 Å². The van der Waals surface area contributed by atoms with E-state index in [1.54, 1.807) is 0 Å². The number of ketones is 1. The van der Waals surface area contributed by atoms with Crippen LogP contribution in [0.2, 0.25) is 0 Å². The SMILES string of the molecule is CC1(C)CC(=O)c2sc(NC(=O)C3(N)CC3)nc2C1.Cl. The second-order valence-corrected chi connectivity index (χ2v) is 7.35. The van der Waals surface area contributed by atoms with Crippen molar-refractivity contribution in [3.05, 3.63) is 10.6 Å². The van der Waals surface area contributed by atoms with Crippen LogP contribution in [0, 0.1) is 5.41 Å². The second kappa shape index (κ2) is 4.79. The normalized spacial score (nSPS) is 21.6. The topological polar surface area (TPSA) is 85.1 Å². The van der Waals surface area contributed by atoms with Gasteiger partial charge in [-0.3, -0.25) is 9.59 Å². The van der Waals surface area contributed by atoms with Crippen molar-refractivity contribution >= 4 is 40.6 Å². The highest BCUT2D eigenvalue weighted by Crippen LogP contribution is 2.39. The Hall–Kier alpha value is -0.980. The number of hydrogen-bond donors (Lipinski definition) is 2. The van der Waals surface area contributed by atoms with E-state index >= 15 is 0 Å². The van der Waals surface area contributed by atoms with Gasteiger partial charge >= 0.3 is 0 Å². The number of aromatic nitrogens is 1. The maximum absolute atomic E-state index is 12.0. The highest BCUT2D eigenvalue weighted by molar-refractivity contribution is 7.17. The molecule has 0 radical (unpaired) electrons. The van der Waals surface area contributed by atoms with E-state index in [0.717, 1.165) is 25.0 Å². The first-order chi connectivity index (χ1) is 8.79. The summed E-state index contributed by atoms with van der Waals surface area (Å²) in [4.78, 5) is 29.0. The van der Waals surface area contributed by atoms with Gasteiger partial charge in [-0.05, 0) is 24.7 Å². The van der Waals surface area contributed by atoms with E-state index in [4.69, 9.17) is 5.73 Å². The third-order valence-electron chi connectivity index (χ3n) is 3.70. The largest absolute Gasteiger partial charge is 0.317 e. The Bertz CT molecular complexity index is 578. The van der Waals surface area contributed by atoms with E-state index in [1.165, 1.54) is 11.3 Å². The average molecular weight is 316 g/mol. The molecule has 1 aromatic rings. The number of amides is 1. The maximum Gasteiger partial charge on any atom is 0.246 e. The van der Waals surface area contributed by atoms with Crippen molar-refractivity contribution in [1.82, 2.24) is 4.98 Å². The van der Waals surface area contributed by atoms with Gasteiger partial charge in [0.25, 0.3) is 0 Å². The van der Waals surface area contributed by atoms with Crippen molar-refractivity contribution in [2.75, 3.05) is 5.32 Å². The predicted octanol–water partition coefficient (Wildman–Crippen LogP) is 2.15. The summed E-state index contributed by atoms with van der Waals surface area (Å²) in [6, 6.07) is 0. The Morgan fingerprint density at radius 2 is 2.00 bits per heavy atom. The summed E-state index contributed by atoms with van der Waals surface area (Å²) in [6.07, 6.45) is 2.75. The zero-order chi connectivity index (χ0) is 13.8. The number of nitrogens with one attached hydrogen (secondary N) is 1. The highest BCUT2D eigenvalue weighted by Gasteiger charge is 2.46. The lowest BCUT2D eigenvalue weighted by molar-refractivity contribution is -0.118. The van der Waals surface area contributed by atoms with Crippen molar-refractivity contribution in [3.63, 3.8) is 0 Å². The van der Waals surface area contributed by atoms with E-state index in [9.17, 15) is 9.59 Å². The first-order valence-corrected chi connectivity index (χ1v) is 7.24. The van der Waals surface area contributed by atoms with Gasteiger partial charge in [0.1, 0.15) is 0 Å². The van der Waals surface area contributed by atoms with Crippen LogP contribution >= 0.6 is 23.7 Å². The fraction of sp³-hybridized carbons (Fsp3) is 0.615. The van der Waals surface area contributed by atoms with Crippen molar-refractivity contribution in [3.8, 4) is 0 Å². The maximum atomic E-state index is 12.0. The van der Waals surface area contributed by atoms with Crippen LogP contribution in [-0.2, 0) is 11.2 Å². The number of rotatable bonds is 2. The average Bonchev–Trinajstić information content (AvgIpc) is 2.89. The molecule has 0 atom stereocenters. The van der Waals surface area contributed by atoms with Gasteiger partial charge in [0, 0.05) is 6.42 Å². The molecule has 0 aromatic carbocycles. The van der Waals surface area contributed by atoms with E-state index in [0.29, 0.717) is 16.4 Å². The Balaban J connectivity index is 0.00000147. The minimum Gasteiger partial charge on any atom is -0.317 e. The molecule has 1 aromatic heterocycles. The Labute approximate surface area is 127 Å². The number of Topliss-reactive ketones (excluding diaryl/α,β-unsaturated/α-hetero) is 1. The quantitative estimate of drug-likeness (QED) is 0.875. The number of nitrogens with zero attached hydrogens (tertiary/aromatic N) is 1. The Morgan fingerprint density at radius 1 is 1.35 bits per heavy atom. The van der Waals surface area contributed by atoms with E-state index in [1.807, 2.05) is 0 Å². The van der Waals surface area contributed by atoms with Gasteiger partial charge in [0.2, 0.25) is 5.91 Å². The zero-order valence-corrected chi connectivity index (χ0v) is 13.1. The second-order valence-electron chi connectivity index (χ2n) is 6.35. The predicted molar refractivity (Wildman–Crippen MR) is 80.6 cm³/mol. The first kappa shape index (κ1) is 15.4. The summed E-state index contributed by atoms with van der Waals surface area (Å²) in [7, 11) is 0. The smallest absolute Gasteiger partial charge is 0.246 e. The molecule has 3 rings (SSSR count). The minimum atomic E-state index is -0.713. The Morgan fingerprint density at radius 3 is 2.60 bits per heavy atom. The lowest BCUT2D eigenvalue weighted by atomic mass is 9.78. The molecule has 3 N–H and O–H groups in total. The molecule has 1 saturated carbocycles. The number of hydrogen-bond acceptors (Lipinski definition) is 5. The molecule has 1 fully saturated rings. The van der Waals surface area contributed by atoms with Crippen LogP contribution in [-0.4, -0.2) is 22.2 Å². The number of carbonyl (C=O) groups excluding carboxylic acids is 2. The highest BCUT2D eigenvalue weighted by atomic mass is 35.5. The molecule has 1 heterocycles. The summed E-state index contributed by atoms with van der Waals surface area (Å²) >= 11 is 1.27. The number of carbonyl (C=O) groups is 2. The Kier molecular flexibility index (Phi) is 3.69. The molecular weight excluding hydrogens is 298 g/mol. The number of thiazole rings is 1. The van der Waals surface area contributed by atoms with Crippen molar-refractivity contribution < 1.29 is 9.59 Å². The van der Waals surface area contributed by atoms with Crippen molar-refractivity contribution in [1.29, 1.82) is 0 Å². The summed E-state index contributed by atoms with van der Waals surface area (Å²) in [5.74, 6) is -0.0663. The molecule has 0 bridgehead atoms. The molecular formula is C13H18ClN3O2S. The van der Waals surface area contributed by atoms with Gasteiger partial charge in [-0.2, -0.15) is 0 Å². The fourth-order valence-corrected chi connectivity index (χ4v) is 3.27. The first-order valence-electron chi connectivity index (χ1n) is 6.42. The van der Waals surface area contributed by atoms with Crippen LogP contribution in [0.1, 0.15) is 48.5 Å². The summed E-state index contributed by atoms with van der Waals surface area (Å²) < 4.78 is 0. The van der Waals surface area contributed by atoms with Crippen LogP contribution in [0.5, 0.6) is 0 Å². The molecule has 20 heavy (non-hydrogen) atoms. The lowest BCUT2D eigenvalue weighted by Gasteiger charge is -2.26. The van der Waals surface area contributed by atoms with Gasteiger partial charge in [0.05, 0.1) is 16.1 Å². The number of nitrogens with two attached hydrogens (primary N) is 1. The van der Waals surface area contributed by atoms with E-state index in [2.05, 4.69) is 24.1 Å². The third kappa shape index (κ3) is 2.73. The minimum absolute atomic E-state index is 0. The number of anilines is 1. The zero-order valence-electron chi connectivity index (χ0n) is 11.5. The lowest BCUT2D eigenvalue weighted by Crippen LogP contribution is -2.37. The summed E-state index contributed by atoms with van der Waals surface area (Å²) in [5.41, 5.74) is 5.87. The summed E-state index contributed by atoms with van der Waals surface area (Å²) in [6.45, 7) is 4.12. The van der Waals surface area contributed by atoms with Crippen LogP contribution in [0.4, 0.5) is 5.13 Å². The monoisotopic (exact) mass is 315 g/mol. The van der Waals surface area contributed by atoms with Crippen LogP contribution in [0.15, 0.2) is 0 Å². The van der Waals surface area contributed by atoms with Gasteiger partial charge in [-0.15, -0.1) is 12.4 Å². The molecule has 0 spiro atoms. The molecule has 2 aliphatic carbocycles. The molecule has 1 amide bonds. The van der Waals surface area contributed by atoms with Crippen LogP contribution in [0.3, 0.4) is 0 Å². The van der Waals surface area contributed by atoms with Crippen LogP contribution in [0.25, 0.3) is 0 Å². The summed E-state index contributed by atoms with van der Waals surface area (Å²) in [5, 5.41) is 3.24. The molecule has 0 aliphatic heterocycles. The standard InChI is InChI=1S/C13H17N3O2S.ClH/c1-12(2)5-7-9(8(17)6-12)19-11(15-7)16-10(18)13(14)3-4-13;/h3-6,14H2,1-2H3,(H,15,16,18);1H. The van der Waals surface area contributed by atoms with E-state index in [-0.39, 0.29) is 29.5 Å². The number of halogens is 1. The van der Waals surface area contributed by atoms with Crippen molar-refractivity contribution in [2.24, 2.45) is 11.1 Å². The fourth-order valence-electron chi connectivity index (χ4n) is 2.36. The molecule has 0 saturated heterocycles. The molecule has 0 unspecified atom stereocenters. The van der Waals surface area contributed by atoms with Gasteiger partial charge in [-0.1, -0.05) is 25.2 Å². The number of fused-ring (bicyclic) bond motifs is 1. The molecule has 7 heteroatoms.